The van der Waals surface area contributed by atoms with Crippen LogP contribution in [-0.2, 0) is 49.8 Å². The molecule has 8 rings (SSSR count). The molecular formula is C49H55F2N13O6. The maximum absolute atomic E-state index is 15.1. The van der Waals surface area contributed by atoms with Crippen LogP contribution in [0.2, 0.25) is 0 Å². The predicted molar refractivity (Wildman–Crippen MR) is 253 cm³/mol. The van der Waals surface area contributed by atoms with Crippen molar-refractivity contribution in [2.24, 2.45) is 35.5 Å². The first-order valence-electron chi connectivity index (χ1n) is 23.1. The van der Waals surface area contributed by atoms with E-state index in [0.717, 1.165) is 18.2 Å². The Morgan fingerprint density at radius 3 is 1.69 bits per heavy atom. The molecule has 4 aromatic heterocycles. The van der Waals surface area contributed by atoms with Crippen LogP contribution in [-0.4, -0.2) is 91.5 Å². The Bertz CT molecular complexity index is 3190. The van der Waals surface area contributed by atoms with Gasteiger partial charge in [0.1, 0.15) is 29.6 Å². The van der Waals surface area contributed by atoms with Crippen molar-refractivity contribution >= 4 is 51.6 Å². The van der Waals surface area contributed by atoms with Crippen LogP contribution in [0.4, 0.5) is 8.78 Å². The molecule has 3 aromatic carbocycles. The van der Waals surface area contributed by atoms with Gasteiger partial charge in [-0.15, -0.1) is 0 Å². The number of imidazole rings is 2. The number of ether oxygens (including phenoxy) is 1. The molecule has 4 N–H and O–H groups in total. The topological polar surface area (TPSA) is 230 Å². The standard InChI is InChI=1S/C49H55F2N13O6/c1-7-63-41(22-28(3)56-63)46(68)54-48-58(5)39-24-30(44(52)66)11-15-37(39)61(48)20-17-33(70-27-43(65)60-19-9-10-36(60)34-26-32(50)13-14-35(34)51)18-21-62-38-16-12-31(45(53)67)25-40(38)59(6)49(62)55-47(69)42-23-29(4)57-64(42)8-2/h11-16,22-26,33,36H,7-10,17-21,27H2,1-6H3,(H2,52,66)(H2,53,67)/t33?,36-/m1/s1. The average Bonchev–Trinajstić information content (AvgIpc) is 4.17. The van der Waals surface area contributed by atoms with Gasteiger partial charge in [0.05, 0.1) is 45.6 Å². The van der Waals surface area contributed by atoms with Crippen LogP contribution in [0, 0.1) is 25.5 Å². The Balaban J connectivity index is 1.19. The zero-order chi connectivity index (χ0) is 50.1. The first-order valence-corrected chi connectivity index (χ1v) is 23.1. The molecule has 21 heteroatoms. The highest BCUT2D eigenvalue weighted by Gasteiger charge is 2.33. The molecule has 1 aliphatic heterocycles. The molecular weight excluding hydrogens is 905 g/mol. The fraction of sp³-hybridized carbons (Fsp3) is 0.367. The minimum Gasteiger partial charge on any atom is -0.368 e. The van der Waals surface area contributed by atoms with Crippen molar-refractivity contribution in [2.75, 3.05) is 13.2 Å². The van der Waals surface area contributed by atoms with Crippen LogP contribution in [0.25, 0.3) is 22.1 Å². The van der Waals surface area contributed by atoms with Gasteiger partial charge in [-0.2, -0.15) is 20.2 Å². The number of halogens is 2. The number of rotatable bonds is 16. The summed E-state index contributed by atoms with van der Waals surface area (Å²) in [6, 6.07) is 15.7. The lowest BCUT2D eigenvalue weighted by atomic mass is 10.0. The molecule has 0 unspecified atom stereocenters. The second kappa shape index (κ2) is 20.0. The Morgan fingerprint density at radius 2 is 1.21 bits per heavy atom. The van der Waals surface area contributed by atoms with Crippen molar-refractivity contribution in [1.82, 2.24) is 42.7 Å². The second-order valence-corrected chi connectivity index (χ2v) is 17.4. The third-order valence-corrected chi connectivity index (χ3v) is 12.8. The highest BCUT2D eigenvalue weighted by atomic mass is 19.1. The van der Waals surface area contributed by atoms with E-state index in [1.165, 1.54) is 4.90 Å². The molecule has 1 atom stereocenters. The Kier molecular flexibility index (Phi) is 13.9. The number of hydrogen-bond donors (Lipinski definition) is 2. The molecule has 0 aliphatic carbocycles. The van der Waals surface area contributed by atoms with E-state index in [0.29, 0.717) is 65.9 Å². The third-order valence-electron chi connectivity index (χ3n) is 12.8. The van der Waals surface area contributed by atoms with Crippen LogP contribution < -0.4 is 22.7 Å². The largest absolute Gasteiger partial charge is 0.368 e. The van der Waals surface area contributed by atoms with E-state index in [2.05, 4.69) is 20.2 Å². The minimum atomic E-state index is -0.711. The zero-order valence-corrected chi connectivity index (χ0v) is 39.9. The number of carbonyl (C=O) groups excluding carboxylic acids is 5. The summed E-state index contributed by atoms with van der Waals surface area (Å²) in [5.41, 5.74) is 16.7. The summed E-state index contributed by atoms with van der Waals surface area (Å²) in [4.78, 5) is 77.4. The van der Waals surface area contributed by atoms with E-state index in [1.54, 1.807) is 95.0 Å². The van der Waals surface area contributed by atoms with E-state index in [-0.39, 0.29) is 65.2 Å². The molecule has 1 saturated heterocycles. The van der Waals surface area contributed by atoms with E-state index >= 15 is 4.39 Å². The predicted octanol–water partition coefficient (Wildman–Crippen LogP) is 4.51. The number of primary amides is 2. The number of aryl methyl sites for hydroxylation is 8. The average molecular weight is 960 g/mol. The number of likely N-dealkylation sites (tertiary alicyclic amines) is 1. The quantitative estimate of drug-likeness (QED) is 0.140. The van der Waals surface area contributed by atoms with E-state index in [4.69, 9.17) is 16.2 Å². The fourth-order valence-corrected chi connectivity index (χ4v) is 9.35. The first kappa shape index (κ1) is 48.6. The number of fused-ring (bicyclic) bond motifs is 2. The molecule has 70 heavy (non-hydrogen) atoms. The fourth-order valence-electron chi connectivity index (χ4n) is 9.35. The van der Waals surface area contributed by atoms with Crippen LogP contribution in [0.5, 0.6) is 0 Å². The molecule has 0 radical (unpaired) electrons. The van der Waals surface area contributed by atoms with Crippen molar-refractivity contribution in [1.29, 1.82) is 0 Å². The summed E-state index contributed by atoms with van der Waals surface area (Å²) < 4.78 is 46.2. The van der Waals surface area contributed by atoms with Crippen LogP contribution in [0.1, 0.15) is 104 Å². The summed E-state index contributed by atoms with van der Waals surface area (Å²) >= 11 is 0. The monoisotopic (exact) mass is 959 g/mol. The van der Waals surface area contributed by atoms with E-state index in [1.807, 2.05) is 23.0 Å². The number of benzene rings is 3. The van der Waals surface area contributed by atoms with Gasteiger partial charge in [0.2, 0.25) is 29.0 Å². The van der Waals surface area contributed by atoms with Gasteiger partial charge in [-0.3, -0.25) is 33.3 Å². The summed E-state index contributed by atoms with van der Waals surface area (Å²) in [5.74, 6) is -4.00. The number of amides is 5. The van der Waals surface area contributed by atoms with Crippen molar-refractivity contribution in [2.45, 2.75) is 91.7 Å². The van der Waals surface area contributed by atoms with E-state index in [9.17, 15) is 28.4 Å². The van der Waals surface area contributed by atoms with Gasteiger partial charge < -0.3 is 39.4 Å². The van der Waals surface area contributed by atoms with Gasteiger partial charge in [0.25, 0.3) is 11.8 Å². The maximum atomic E-state index is 15.1. The van der Waals surface area contributed by atoms with Crippen molar-refractivity contribution in [3.63, 3.8) is 0 Å². The Hall–Kier alpha value is -7.81. The summed E-state index contributed by atoms with van der Waals surface area (Å²) in [5, 5.41) is 8.84. The Morgan fingerprint density at radius 1 is 0.714 bits per heavy atom. The lowest BCUT2D eigenvalue weighted by Gasteiger charge is -2.27. The van der Waals surface area contributed by atoms with Gasteiger partial charge in [-0.05, 0) is 120 Å². The molecule has 0 saturated carbocycles. The normalized spacial score (nSPS) is 14.9. The lowest BCUT2D eigenvalue weighted by molar-refractivity contribution is -0.139. The summed E-state index contributed by atoms with van der Waals surface area (Å²) in [6.07, 6.45) is 0.769. The van der Waals surface area contributed by atoms with Gasteiger partial charge in [-0.1, -0.05) is 0 Å². The lowest BCUT2D eigenvalue weighted by Crippen LogP contribution is -2.36. The molecule has 366 valence electrons. The molecule has 1 fully saturated rings. The third kappa shape index (κ3) is 9.60. The minimum absolute atomic E-state index is 0.0899. The van der Waals surface area contributed by atoms with Gasteiger partial charge >= 0.3 is 0 Å². The summed E-state index contributed by atoms with van der Waals surface area (Å²) in [7, 11) is 3.45. The number of carbonyl (C=O) groups is 5. The molecule has 7 aromatic rings. The van der Waals surface area contributed by atoms with Crippen molar-refractivity contribution < 1.29 is 37.5 Å². The summed E-state index contributed by atoms with van der Waals surface area (Å²) in [6.45, 7) is 8.44. The smallest absolute Gasteiger partial charge is 0.298 e. The Labute approximate surface area is 400 Å². The molecule has 5 heterocycles. The van der Waals surface area contributed by atoms with E-state index < -0.39 is 59.9 Å². The number of nitrogens with zero attached hydrogens (tertiary/aromatic N) is 11. The van der Waals surface area contributed by atoms with Gasteiger partial charge in [-0.25, -0.2) is 8.78 Å². The second-order valence-electron chi connectivity index (χ2n) is 17.4. The highest BCUT2D eigenvalue weighted by Crippen LogP contribution is 2.34. The van der Waals surface area contributed by atoms with Crippen LogP contribution in [0.3, 0.4) is 0 Å². The first-order chi connectivity index (χ1) is 33.5. The molecule has 1 aliphatic rings. The highest BCUT2D eigenvalue weighted by molar-refractivity contribution is 5.98. The number of nitrogens with two attached hydrogens (primary N) is 2. The van der Waals surface area contributed by atoms with Crippen LogP contribution >= 0.6 is 0 Å². The van der Waals surface area contributed by atoms with Gasteiger partial charge in [0, 0.05) is 63.5 Å². The van der Waals surface area contributed by atoms with Crippen molar-refractivity contribution in [3.05, 3.63) is 129 Å². The molecule has 5 amide bonds. The van der Waals surface area contributed by atoms with Crippen molar-refractivity contribution in [3.8, 4) is 0 Å². The number of hydrogen-bond acceptors (Lipinski definition) is 8. The molecule has 19 nitrogen and oxygen atoms in total. The maximum Gasteiger partial charge on any atom is 0.298 e. The SMILES string of the molecule is CCn1nc(C)cc1C(=O)N=c1n(C)c2cc(C(N)=O)ccc2n1CCC(CCn1c(=NC(=O)c2cc(C)nn2CC)n(C)c2cc(C(N)=O)ccc21)OCC(=O)N1CCC[C@@H]1c1cc(F)ccc1F. The zero-order valence-electron chi connectivity index (χ0n) is 39.9. The number of aromatic nitrogens is 8. The van der Waals surface area contributed by atoms with Gasteiger partial charge in [0.15, 0.2) is 0 Å². The molecule has 0 spiro atoms. The van der Waals surface area contributed by atoms with Crippen LogP contribution in [0.15, 0.2) is 76.7 Å². The molecule has 0 bridgehead atoms.